The Balaban J connectivity index is 2.13. The Morgan fingerprint density at radius 3 is 2.76 bits per heavy atom. The van der Waals surface area contributed by atoms with Crippen LogP contribution in [0.25, 0.3) is 0 Å². The fourth-order valence-electron chi connectivity index (χ4n) is 1.98. The monoisotopic (exact) mass is 307 g/mol. The average Bonchev–Trinajstić information content (AvgIpc) is 2.47. The van der Waals surface area contributed by atoms with E-state index < -0.39 is 0 Å². The number of rotatable bonds is 6. The smallest absolute Gasteiger partial charge is 0.142 e. The quantitative estimate of drug-likeness (QED) is 0.793. The Bertz CT molecular complexity index is 616. The molecular weight excluding hydrogens is 289 g/mol. The van der Waals surface area contributed by atoms with Gasteiger partial charge in [0.2, 0.25) is 0 Å². The molecule has 2 aromatic carbocycles. The molecule has 2 aromatic rings. The topological polar surface area (TPSA) is 21.3 Å². The van der Waals surface area contributed by atoms with Crippen LogP contribution in [0.5, 0.6) is 5.75 Å². The van der Waals surface area contributed by atoms with Gasteiger partial charge in [0.1, 0.15) is 11.6 Å². The molecule has 0 amide bonds. The van der Waals surface area contributed by atoms with Crippen molar-refractivity contribution in [2.75, 3.05) is 11.9 Å². The van der Waals surface area contributed by atoms with Crippen LogP contribution in [0.3, 0.4) is 0 Å². The van der Waals surface area contributed by atoms with Crippen LogP contribution in [0.15, 0.2) is 36.4 Å². The van der Waals surface area contributed by atoms with Crippen molar-refractivity contribution in [2.24, 2.45) is 0 Å². The molecule has 0 spiro atoms. The molecule has 0 fully saturated rings. The number of halogens is 2. The Kier molecular flexibility index (Phi) is 5.45. The van der Waals surface area contributed by atoms with E-state index >= 15 is 0 Å². The van der Waals surface area contributed by atoms with E-state index in [1.165, 1.54) is 6.07 Å². The first-order chi connectivity index (χ1) is 10.1. The van der Waals surface area contributed by atoms with Crippen LogP contribution < -0.4 is 10.1 Å². The first kappa shape index (κ1) is 15.6. The average molecular weight is 308 g/mol. The second kappa shape index (κ2) is 7.32. The number of hydrogen-bond acceptors (Lipinski definition) is 2. The molecule has 0 aromatic heterocycles. The summed E-state index contributed by atoms with van der Waals surface area (Å²) in [6, 6.07) is 10.5. The molecule has 0 aliphatic rings. The Morgan fingerprint density at radius 2 is 2.00 bits per heavy atom. The fourth-order valence-corrected chi connectivity index (χ4v) is 2.17. The van der Waals surface area contributed by atoms with Crippen molar-refractivity contribution in [1.29, 1.82) is 0 Å². The lowest BCUT2D eigenvalue weighted by Gasteiger charge is -2.14. The molecule has 0 heterocycles. The van der Waals surface area contributed by atoms with Gasteiger partial charge in [0.15, 0.2) is 0 Å². The number of aryl methyl sites for hydroxylation is 1. The molecule has 0 saturated carbocycles. The lowest BCUT2D eigenvalue weighted by molar-refractivity contribution is 0.318. The van der Waals surface area contributed by atoms with Crippen LogP contribution >= 0.6 is 11.6 Å². The van der Waals surface area contributed by atoms with Crippen molar-refractivity contribution in [1.82, 2.24) is 0 Å². The third-order valence-corrected chi connectivity index (χ3v) is 3.31. The van der Waals surface area contributed by atoms with E-state index in [1.54, 1.807) is 12.1 Å². The highest BCUT2D eigenvalue weighted by molar-refractivity contribution is 6.30. The van der Waals surface area contributed by atoms with E-state index in [9.17, 15) is 4.39 Å². The highest BCUT2D eigenvalue weighted by atomic mass is 35.5. The fraction of sp³-hybridized carbons (Fsp3) is 0.294. The first-order valence-electron chi connectivity index (χ1n) is 7.01. The summed E-state index contributed by atoms with van der Waals surface area (Å²) in [6.45, 7) is 5.09. The van der Waals surface area contributed by atoms with Gasteiger partial charge in [0.25, 0.3) is 0 Å². The van der Waals surface area contributed by atoms with E-state index in [1.807, 2.05) is 25.1 Å². The zero-order chi connectivity index (χ0) is 15.2. The van der Waals surface area contributed by atoms with E-state index in [4.69, 9.17) is 16.3 Å². The summed E-state index contributed by atoms with van der Waals surface area (Å²) in [5, 5.41) is 3.74. The van der Waals surface area contributed by atoms with Crippen molar-refractivity contribution in [3.63, 3.8) is 0 Å². The molecule has 0 aliphatic carbocycles. The summed E-state index contributed by atoms with van der Waals surface area (Å²) in [5.41, 5.74) is 2.51. The normalized spacial score (nSPS) is 10.5. The molecule has 0 aliphatic heterocycles. The Labute approximate surface area is 129 Å². The second-order valence-electron chi connectivity index (χ2n) is 4.94. The number of hydrogen-bond donors (Lipinski definition) is 1. The summed E-state index contributed by atoms with van der Waals surface area (Å²) in [7, 11) is 0. The third-order valence-electron chi connectivity index (χ3n) is 3.08. The Morgan fingerprint density at radius 1 is 1.19 bits per heavy atom. The van der Waals surface area contributed by atoms with Crippen LogP contribution in [0.4, 0.5) is 10.1 Å². The lowest BCUT2D eigenvalue weighted by Crippen LogP contribution is -2.05. The highest BCUT2D eigenvalue weighted by Gasteiger charge is 2.07. The summed E-state index contributed by atoms with van der Waals surface area (Å²) in [5.74, 6) is 0.523. The van der Waals surface area contributed by atoms with Crippen LogP contribution in [0, 0.1) is 12.7 Å². The van der Waals surface area contributed by atoms with Gasteiger partial charge in [0, 0.05) is 17.1 Å². The molecule has 0 unspecified atom stereocenters. The largest absolute Gasteiger partial charge is 0.491 e. The maximum Gasteiger partial charge on any atom is 0.142 e. The van der Waals surface area contributed by atoms with E-state index in [0.29, 0.717) is 23.7 Å². The molecule has 0 radical (unpaired) electrons. The van der Waals surface area contributed by atoms with Crippen LogP contribution in [0.1, 0.15) is 24.5 Å². The predicted octanol–water partition coefficient (Wildman–Crippen LogP) is 5.19. The molecule has 1 N–H and O–H groups in total. The van der Waals surface area contributed by atoms with Crippen molar-refractivity contribution in [3.8, 4) is 5.75 Å². The van der Waals surface area contributed by atoms with Crippen molar-refractivity contribution in [3.05, 3.63) is 58.4 Å². The highest BCUT2D eigenvalue weighted by Crippen LogP contribution is 2.27. The third kappa shape index (κ3) is 4.36. The molecular formula is C17H19ClFNO. The summed E-state index contributed by atoms with van der Waals surface area (Å²) in [6.07, 6.45) is 0.941. The molecule has 0 saturated heterocycles. The molecule has 2 nitrogen and oxygen atoms in total. The minimum Gasteiger partial charge on any atom is -0.491 e. The number of benzene rings is 2. The van der Waals surface area contributed by atoms with Crippen LogP contribution in [-0.4, -0.2) is 6.61 Å². The molecule has 4 heteroatoms. The second-order valence-corrected chi connectivity index (χ2v) is 5.37. The summed E-state index contributed by atoms with van der Waals surface area (Å²) >= 11 is 5.90. The van der Waals surface area contributed by atoms with Gasteiger partial charge in [-0.25, -0.2) is 4.39 Å². The summed E-state index contributed by atoms with van der Waals surface area (Å²) in [4.78, 5) is 0. The first-order valence-corrected chi connectivity index (χ1v) is 7.39. The molecule has 0 atom stereocenters. The maximum absolute atomic E-state index is 13.7. The van der Waals surface area contributed by atoms with E-state index in [0.717, 1.165) is 23.4 Å². The number of anilines is 1. The molecule has 0 bridgehead atoms. The molecule has 21 heavy (non-hydrogen) atoms. The Hall–Kier alpha value is -1.74. The molecule has 112 valence electrons. The van der Waals surface area contributed by atoms with Crippen LogP contribution in [0.2, 0.25) is 5.02 Å². The van der Waals surface area contributed by atoms with E-state index in [-0.39, 0.29) is 5.82 Å². The van der Waals surface area contributed by atoms with Gasteiger partial charge < -0.3 is 10.1 Å². The zero-order valence-electron chi connectivity index (χ0n) is 12.2. The van der Waals surface area contributed by atoms with Crippen molar-refractivity contribution in [2.45, 2.75) is 26.8 Å². The maximum atomic E-state index is 13.7. The van der Waals surface area contributed by atoms with Gasteiger partial charge in [-0.15, -0.1) is 0 Å². The zero-order valence-corrected chi connectivity index (χ0v) is 13.0. The van der Waals surface area contributed by atoms with Crippen LogP contribution in [-0.2, 0) is 6.54 Å². The lowest BCUT2D eigenvalue weighted by atomic mass is 10.2. The van der Waals surface area contributed by atoms with Crippen molar-refractivity contribution >= 4 is 17.3 Å². The van der Waals surface area contributed by atoms with Crippen molar-refractivity contribution < 1.29 is 9.13 Å². The van der Waals surface area contributed by atoms with Gasteiger partial charge in [-0.3, -0.25) is 0 Å². The van der Waals surface area contributed by atoms with Gasteiger partial charge in [-0.1, -0.05) is 24.6 Å². The minimum absolute atomic E-state index is 0.268. The predicted molar refractivity (Wildman–Crippen MR) is 85.7 cm³/mol. The standard InChI is InChI=1S/C17H19ClFNO/c1-3-8-21-17-9-12(2)4-7-16(17)20-11-13-10-14(18)5-6-15(13)19/h4-7,9-10,20H,3,8,11H2,1-2H3. The SMILES string of the molecule is CCCOc1cc(C)ccc1NCc1cc(Cl)ccc1F. The van der Waals surface area contributed by atoms with Gasteiger partial charge in [-0.2, -0.15) is 0 Å². The summed E-state index contributed by atoms with van der Waals surface area (Å²) < 4.78 is 19.4. The molecule has 2 rings (SSSR count). The van der Waals surface area contributed by atoms with Gasteiger partial charge in [0.05, 0.1) is 12.3 Å². The number of nitrogens with one attached hydrogen (secondary N) is 1. The van der Waals surface area contributed by atoms with Gasteiger partial charge in [-0.05, 0) is 49.2 Å². The van der Waals surface area contributed by atoms with Gasteiger partial charge >= 0.3 is 0 Å². The van der Waals surface area contributed by atoms with E-state index in [2.05, 4.69) is 12.2 Å². The number of ether oxygens (including phenoxy) is 1. The minimum atomic E-state index is -0.268.